The average molecular weight is 325 g/mol. The molecule has 1 atom stereocenters. The smallest absolute Gasteiger partial charge is 0.244 e. The molecule has 2 rings (SSSR count). The quantitative estimate of drug-likeness (QED) is 0.786. The molecule has 0 bridgehead atoms. The maximum Gasteiger partial charge on any atom is 0.244 e. The van der Waals surface area contributed by atoms with E-state index in [2.05, 4.69) is 50.4 Å². The lowest BCUT2D eigenvalue weighted by Crippen LogP contribution is -2.24. The zero-order valence-corrected chi connectivity index (χ0v) is 14.6. The number of rotatable bonds is 4. The van der Waals surface area contributed by atoms with E-state index in [0.717, 1.165) is 11.1 Å². The largest absolute Gasteiger partial charge is 0.346 e. The van der Waals surface area contributed by atoms with Crippen LogP contribution in [-0.4, -0.2) is 5.91 Å². The molecule has 2 aromatic carbocycles. The maximum absolute atomic E-state index is 12.8. The van der Waals surface area contributed by atoms with Crippen molar-refractivity contribution in [2.24, 2.45) is 0 Å². The number of hydrogen-bond donors (Lipinski definition) is 1. The Morgan fingerprint density at radius 3 is 2.17 bits per heavy atom. The van der Waals surface area contributed by atoms with Gasteiger partial charge >= 0.3 is 0 Å². The van der Waals surface area contributed by atoms with E-state index in [1.165, 1.54) is 23.8 Å². The van der Waals surface area contributed by atoms with Gasteiger partial charge in [-0.1, -0.05) is 57.2 Å². The standard InChI is InChI=1S/C21H24FNO/c1-15(17-8-10-18(11-9-17)21(2,3)4)23-20(24)14-7-16-5-12-19(22)13-6-16/h5-15H,1-4H3,(H,23,24)/b14-7+. The van der Waals surface area contributed by atoms with Crippen molar-refractivity contribution >= 4 is 12.0 Å². The van der Waals surface area contributed by atoms with Gasteiger partial charge in [0.1, 0.15) is 5.82 Å². The second-order valence-electron chi connectivity index (χ2n) is 6.99. The summed E-state index contributed by atoms with van der Waals surface area (Å²) in [6.07, 6.45) is 3.14. The van der Waals surface area contributed by atoms with Crippen LogP contribution in [0.4, 0.5) is 4.39 Å². The lowest BCUT2D eigenvalue weighted by atomic mass is 9.86. The zero-order chi connectivity index (χ0) is 17.7. The number of hydrogen-bond acceptors (Lipinski definition) is 1. The lowest BCUT2D eigenvalue weighted by Gasteiger charge is -2.20. The summed E-state index contributed by atoms with van der Waals surface area (Å²) in [5.74, 6) is -0.462. The van der Waals surface area contributed by atoms with Crippen LogP contribution in [0, 0.1) is 5.82 Å². The molecular weight excluding hydrogens is 301 g/mol. The molecule has 2 aromatic rings. The van der Waals surface area contributed by atoms with Gasteiger partial charge in [0.15, 0.2) is 0 Å². The highest BCUT2D eigenvalue weighted by atomic mass is 19.1. The molecule has 126 valence electrons. The van der Waals surface area contributed by atoms with Gasteiger partial charge in [0.05, 0.1) is 6.04 Å². The van der Waals surface area contributed by atoms with Gasteiger partial charge in [0.2, 0.25) is 5.91 Å². The van der Waals surface area contributed by atoms with Crippen molar-refractivity contribution in [1.82, 2.24) is 5.32 Å². The van der Waals surface area contributed by atoms with Crippen LogP contribution in [0.2, 0.25) is 0 Å². The summed E-state index contributed by atoms with van der Waals surface area (Å²) in [6.45, 7) is 8.48. The first-order valence-electron chi connectivity index (χ1n) is 8.10. The molecule has 0 radical (unpaired) electrons. The highest BCUT2D eigenvalue weighted by molar-refractivity contribution is 5.91. The lowest BCUT2D eigenvalue weighted by molar-refractivity contribution is -0.117. The molecule has 0 spiro atoms. The van der Waals surface area contributed by atoms with Crippen LogP contribution >= 0.6 is 0 Å². The Kier molecular flexibility index (Phi) is 5.55. The fourth-order valence-corrected chi connectivity index (χ4v) is 2.36. The van der Waals surface area contributed by atoms with Gasteiger partial charge in [-0.3, -0.25) is 4.79 Å². The van der Waals surface area contributed by atoms with Gasteiger partial charge in [-0.05, 0) is 47.2 Å². The Morgan fingerprint density at radius 2 is 1.62 bits per heavy atom. The Labute approximate surface area is 143 Å². The predicted octanol–water partition coefficient (Wildman–Crippen LogP) is 5.01. The number of amides is 1. The van der Waals surface area contributed by atoms with Crippen LogP contribution in [0.3, 0.4) is 0 Å². The van der Waals surface area contributed by atoms with E-state index in [1.54, 1.807) is 18.2 Å². The van der Waals surface area contributed by atoms with Gasteiger partial charge < -0.3 is 5.32 Å². The first-order valence-corrected chi connectivity index (χ1v) is 8.10. The second-order valence-corrected chi connectivity index (χ2v) is 6.99. The third kappa shape index (κ3) is 5.05. The zero-order valence-electron chi connectivity index (χ0n) is 14.6. The molecule has 0 aliphatic heterocycles. The van der Waals surface area contributed by atoms with Crippen molar-refractivity contribution in [1.29, 1.82) is 0 Å². The van der Waals surface area contributed by atoms with Crippen molar-refractivity contribution in [3.63, 3.8) is 0 Å². The number of benzene rings is 2. The van der Waals surface area contributed by atoms with E-state index in [9.17, 15) is 9.18 Å². The number of nitrogens with one attached hydrogen (secondary N) is 1. The summed E-state index contributed by atoms with van der Waals surface area (Å²) in [4.78, 5) is 12.0. The highest BCUT2D eigenvalue weighted by Gasteiger charge is 2.14. The van der Waals surface area contributed by atoms with Crippen molar-refractivity contribution in [2.75, 3.05) is 0 Å². The predicted molar refractivity (Wildman–Crippen MR) is 97.1 cm³/mol. The number of carbonyl (C=O) groups is 1. The van der Waals surface area contributed by atoms with Crippen LogP contribution < -0.4 is 5.32 Å². The van der Waals surface area contributed by atoms with Crippen molar-refractivity contribution < 1.29 is 9.18 Å². The Bertz CT molecular complexity index is 709. The third-order valence-electron chi connectivity index (χ3n) is 3.93. The highest BCUT2D eigenvalue weighted by Crippen LogP contribution is 2.23. The van der Waals surface area contributed by atoms with Gasteiger partial charge in [-0.15, -0.1) is 0 Å². The molecule has 24 heavy (non-hydrogen) atoms. The molecule has 0 aliphatic rings. The van der Waals surface area contributed by atoms with Crippen LogP contribution in [0.5, 0.6) is 0 Å². The molecule has 3 heteroatoms. The molecule has 0 aliphatic carbocycles. The molecular formula is C21H24FNO. The van der Waals surface area contributed by atoms with Crippen molar-refractivity contribution in [3.8, 4) is 0 Å². The Hall–Kier alpha value is -2.42. The van der Waals surface area contributed by atoms with E-state index in [-0.39, 0.29) is 23.2 Å². The van der Waals surface area contributed by atoms with E-state index in [4.69, 9.17) is 0 Å². The molecule has 0 fully saturated rings. The minimum Gasteiger partial charge on any atom is -0.346 e. The maximum atomic E-state index is 12.8. The van der Waals surface area contributed by atoms with E-state index < -0.39 is 0 Å². The van der Waals surface area contributed by atoms with Crippen LogP contribution in [0.15, 0.2) is 54.6 Å². The summed E-state index contributed by atoms with van der Waals surface area (Å²) in [7, 11) is 0. The minimum atomic E-state index is -0.288. The molecule has 1 amide bonds. The van der Waals surface area contributed by atoms with Crippen LogP contribution in [-0.2, 0) is 10.2 Å². The SMILES string of the molecule is CC(NC(=O)/C=C/c1ccc(F)cc1)c1ccc(C(C)(C)C)cc1. The third-order valence-corrected chi connectivity index (χ3v) is 3.93. The summed E-state index contributed by atoms with van der Waals surface area (Å²) in [5, 5.41) is 2.94. The van der Waals surface area contributed by atoms with Crippen LogP contribution in [0.1, 0.15) is 50.4 Å². The fourth-order valence-electron chi connectivity index (χ4n) is 2.36. The summed E-state index contributed by atoms with van der Waals surface area (Å²) < 4.78 is 12.8. The van der Waals surface area contributed by atoms with E-state index >= 15 is 0 Å². The molecule has 0 saturated carbocycles. The first-order chi connectivity index (χ1) is 11.3. The molecule has 1 unspecified atom stereocenters. The molecule has 0 saturated heterocycles. The monoisotopic (exact) mass is 325 g/mol. The normalized spacial score (nSPS) is 13.0. The van der Waals surface area contributed by atoms with Crippen molar-refractivity contribution in [3.05, 3.63) is 77.1 Å². The van der Waals surface area contributed by atoms with Crippen molar-refractivity contribution in [2.45, 2.75) is 39.2 Å². The molecule has 2 nitrogen and oxygen atoms in total. The summed E-state index contributed by atoms with van der Waals surface area (Å²) >= 11 is 0. The molecule has 0 heterocycles. The number of halogens is 1. The summed E-state index contributed by atoms with van der Waals surface area (Å²) in [6, 6.07) is 14.2. The molecule has 1 N–H and O–H groups in total. The minimum absolute atomic E-state index is 0.0793. The topological polar surface area (TPSA) is 29.1 Å². The average Bonchev–Trinajstić information content (AvgIpc) is 2.53. The van der Waals surface area contributed by atoms with Gasteiger partial charge in [-0.2, -0.15) is 0 Å². The van der Waals surface area contributed by atoms with Gasteiger partial charge in [0.25, 0.3) is 0 Å². The van der Waals surface area contributed by atoms with Crippen LogP contribution in [0.25, 0.3) is 6.08 Å². The van der Waals surface area contributed by atoms with E-state index in [1.807, 2.05) is 6.92 Å². The second kappa shape index (κ2) is 7.43. The first kappa shape index (κ1) is 17.9. The molecule has 0 aromatic heterocycles. The van der Waals surface area contributed by atoms with Gasteiger partial charge in [-0.25, -0.2) is 4.39 Å². The number of carbonyl (C=O) groups excluding carboxylic acids is 1. The Balaban J connectivity index is 1.97. The Morgan fingerprint density at radius 1 is 1.04 bits per heavy atom. The van der Waals surface area contributed by atoms with Gasteiger partial charge in [0, 0.05) is 6.08 Å². The summed E-state index contributed by atoms with van der Waals surface area (Å²) in [5.41, 5.74) is 3.23. The fraction of sp³-hybridized carbons (Fsp3) is 0.286. The van der Waals surface area contributed by atoms with E-state index in [0.29, 0.717) is 0 Å².